The molecule has 2 fully saturated rings. The summed E-state index contributed by atoms with van der Waals surface area (Å²) in [5, 5.41) is 7.86. The Balaban J connectivity index is 1.44. The minimum Gasteiger partial charge on any atom is -0.323 e. The number of amides is 5. The van der Waals surface area contributed by atoms with Gasteiger partial charge in [-0.1, -0.05) is 19.4 Å². The maximum absolute atomic E-state index is 13.9. The molecule has 10 heteroatoms. The van der Waals surface area contributed by atoms with Crippen LogP contribution in [0.1, 0.15) is 49.5 Å². The van der Waals surface area contributed by atoms with Gasteiger partial charge in [-0.15, -0.1) is 0 Å². The maximum Gasteiger partial charge on any atom is 0.325 e. The van der Waals surface area contributed by atoms with E-state index in [-0.39, 0.29) is 17.1 Å². The normalized spacial score (nSPS) is 21.9. The van der Waals surface area contributed by atoms with Crippen LogP contribution < -0.4 is 16.0 Å². The summed E-state index contributed by atoms with van der Waals surface area (Å²) in [5.74, 6) is -1.75. The van der Waals surface area contributed by atoms with Crippen LogP contribution in [0.25, 0.3) is 0 Å². The molecule has 1 aromatic heterocycles. The Labute approximate surface area is 196 Å². The first-order valence-electron chi connectivity index (χ1n) is 11.3. The predicted octanol–water partition coefficient (Wildman–Crippen LogP) is 3.30. The highest BCUT2D eigenvalue weighted by Gasteiger charge is 2.52. The SMILES string of the molecule is CCC1CCC2(CC1)NC(=O)N(CC(=O)Nc1cc(F)ccc1NC(=O)c1ccccn1)C2=O. The second-order valence-electron chi connectivity index (χ2n) is 8.66. The van der Waals surface area contributed by atoms with Crippen LogP contribution in [0.2, 0.25) is 0 Å². The summed E-state index contributed by atoms with van der Waals surface area (Å²) in [5.41, 5.74) is -0.660. The second kappa shape index (κ2) is 9.58. The van der Waals surface area contributed by atoms with Gasteiger partial charge in [0.1, 0.15) is 23.6 Å². The Bertz CT molecular complexity index is 1120. The minimum absolute atomic E-state index is 0.000461. The van der Waals surface area contributed by atoms with E-state index in [4.69, 9.17) is 0 Å². The van der Waals surface area contributed by atoms with Crippen molar-refractivity contribution in [1.82, 2.24) is 15.2 Å². The Morgan fingerprint density at radius 1 is 1.15 bits per heavy atom. The lowest BCUT2D eigenvalue weighted by atomic mass is 9.75. The van der Waals surface area contributed by atoms with Crippen molar-refractivity contribution < 1.29 is 23.6 Å². The molecule has 9 nitrogen and oxygen atoms in total. The summed E-state index contributed by atoms with van der Waals surface area (Å²) < 4.78 is 13.9. The molecular weight excluding hydrogens is 441 g/mol. The molecule has 2 aliphatic rings. The van der Waals surface area contributed by atoms with Crippen LogP contribution in [-0.4, -0.2) is 45.7 Å². The average molecular weight is 468 g/mol. The third-order valence-corrected chi connectivity index (χ3v) is 6.49. The van der Waals surface area contributed by atoms with Crippen molar-refractivity contribution in [3.8, 4) is 0 Å². The van der Waals surface area contributed by atoms with Gasteiger partial charge in [0.05, 0.1) is 11.4 Å². The summed E-state index contributed by atoms with van der Waals surface area (Å²) in [6.45, 7) is 1.58. The lowest BCUT2D eigenvalue weighted by Crippen LogP contribution is -2.49. The number of nitrogens with zero attached hydrogens (tertiary/aromatic N) is 2. The number of halogens is 1. The number of anilines is 2. The zero-order chi connectivity index (χ0) is 24.3. The van der Waals surface area contributed by atoms with Gasteiger partial charge in [-0.25, -0.2) is 9.18 Å². The number of hydrogen-bond donors (Lipinski definition) is 3. The number of hydrogen-bond acceptors (Lipinski definition) is 5. The van der Waals surface area contributed by atoms with Gasteiger partial charge in [-0.05, 0) is 61.9 Å². The van der Waals surface area contributed by atoms with Crippen molar-refractivity contribution in [2.75, 3.05) is 17.2 Å². The average Bonchev–Trinajstić information content (AvgIpc) is 3.05. The van der Waals surface area contributed by atoms with Gasteiger partial charge < -0.3 is 16.0 Å². The molecule has 1 saturated heterocycles. The highest BCUT2D eigenvalue weighted by atomic mass is 19.1. The summed E-state index contributed by atoms with van der Waals surface area (Å²) in [6.07, 6.45) is 5.25. The topological polar surface area (TPSA) is 120 Å². The number of imide groups is 1. The summed E-state index contributed by atoms with van der Waals surface area (Å²) in [7, 11) is 0. The van der Waals surface area contributed by atoms with Crippen LogP contribution in [-0.2, 0) is 9.59 Å². The number of benzene rings is 1. The summed E-state index contributed by atoms with van der Waals surface area (Å²) >= 11 is 0. The van der Waals surface area contributed by atoms with E-state index in [1.54, 1.807) is 12.1 Å². The number of carbonyl (C=O) groups is 4. The Morgan fingerprint density at radius 3 is 2.59 bits per heavy atom. The predicted molar refractivity (Wildman–Crippen MR) is 122 cm³/mol. The van der Waals surface area contributed by atoms with E-state index in [1.807, 2.05) is 0 Å². The van der Waals surface area contributed by atoms with Gasteiger partial charge in [0.2, 0.25) is 5.91 Å². The van der Waals surface area contributed by atoms with E-state index < -0.39 is 41.7 Å². The van der Waals surface area contributed by atoms with Gasteiger partial charge in [0.15, 0.2) is 0 Å². The summed E-state index contributed by atoms with van der Waals surface area (Å²) in [4.78, 5) is 55.5. The van der Waals surface area contributed by atoms with Crippen molar-refractivity contribution in [2.45, 2.75) is 44.6 Å². The number of rotatable bonds is 6. The smallest absolute Gasteiger partial charge is 0.323 e. The third kappa shape index (κ3) is 4.75. The number of pyridine rings is 1. The van der Waals surface area contributed by atoms with E-state index >= 15 is 0 Å². The van der Waals surface area contributed by atoms with E-state index in [0.717, 1.165) is 36.3 Å². The molecule has 1 spiro atoms. The van der Waals surface area contributed by atoms with Crippen molar-refractivity contribution in [1.29, 1.82) is 0 Å². The van der Waals surface area contributed by atoms with Gasteiger partial charge in [0.25, 0.3) is 11.8 Å². The van der Waals surface area contributed by atoms with Crippen molar-refractivity contribution in [3.63, 3.8) is 0 Å². The molecule has 1 aliphatic heterocycles. The molecule has 2 heterocycles. The molecule has 1 aliphatic carbocycles. The molecule has 0 unspecified atom stereocenters. The number of carbonyl (C=O) groups excluding carboxylic acids is 4. The fraction of sp³-hybridized carbons (Fsp3) is 0.375. The van der Waals surface area contributed by atoms with Gasteiger partial charge in [-0.3, -0.25) is 24.3 Å². The van der Waals surface area contributed by atoms with Crippen LogP contribution in [0.15, 0.2) is 42.6 Å². The first-order valence-corrected chi connectivity index (χ1v) is 11.3. The quantitative estimate of drug-likeness (QED) is 0.563. The molecule has 3 N–H and O–H groups in total. The molecule has 178 valence electrons. The molecular formula is C24H26FN5O4. The fourth-order valence-corrected chi connectivity index (χ4v) is 4.48. The molecule has 0 radical (unpaired) electrons. The van der Waals surface area contributed by atoms with Crippen LogP contribution in [0.4, 0.5) is 20.6 Å². The van der Waals surface area contributed by atoms with Crippen molar-refractivity contribution in [3.05, 3.63) is 54.1 Å². The molecule has 5 amide bonds. The largest absolute Gasteiger partial charge is 0.325 e. The zero-order valence-corrected chi connectivity index (χ0v) is 18.8. The van der Waals surface area contributed by atoms with E-state index in [1.165, 1.54) is 18.3 Å². The van der Waals surface area contributed by atoms with E-state index in [9.17, 15) is 23.6 Å². The first kappa shape index (κ1) is 23.3. The molecule has 4 rings (SSSR count). The molecule has 1 aromatic carbocycles. The zero-order valence-electron chi connectivity index (χ0n) is 18.8. The van der Waals surface area contributed by atoms with Crippen LogP contribution in [0.5, 0.6) is 0 Å². The molecule has 0 bridgehead atoms. The standard InChI is InChI=1S/C24H26FN5O4/c1-2-15-8-10-24(11-9-15)22(33)30(23(34)29-24)14-20(31)27-19-13-16(25)6-7-17(19)28-21(32)18-5-3-4-12-26-18/h3-7,12-13,15H,2,8-11,14H2,1H3,(H,27,31)(H,28,32)(H,29,34). The van der Waals surface area contributed by atoms with Crippen LogP contribution >= 0.6 is 0 Å². The molecule has 1 saturated carbocycles. The Kier molecular flexibility index (Phi) is 6.58. The molecule has 34 heavy (non-hydrogen) atoms. The minimum atomic E-state index is -0.955. The second-order valence-corrected chi connectivity index (χ2v) is 8.66. The monoisotopic (exact) mass is 467 g/mol. The highest BCUT2D eigenvalue weighted by Crippen LogP contribution is 2.37. The number of urea groups is 1. The van der Waals surface area contributed by atoms with E-state index in [0.29, 0.717) is 18.8 Å². The number of aromatic nitrogens is 1. The van der Waals surface area contributed by atoms with E-state index in [2.05, 4.69) is 27.9 Å². The number of nitrogens with one attached hydrogen (secondary N) is 3. The van der Waals surface area contributed by atoms with Gasteiger partial charge >= 0.3 is 6.03 Å². The maximum atomic E-state index is 13.9. The third-order valence-electron chi connectivity index (χ3n) is 6.49. The van der Waals surface area contributed by atoms with Gasteiger partial charge in [-0.2, -0.15) is 0 Å². The Morgan fingerprint density at radius 2 is 1.91 bits per heavy atom. The highest BCUT2D eigenvalue weighted by molar-refractivity contribution is 6.11. The molecule has 2 aromatic rings. The molecule has 0 atom stereocenters. The Hall–Kier alpha value is -3.82. The van der Waals surface area contributed by atoms with Crippen molar-refractivity contribution >= 4 is 35.1 Å². The van der Waals surface area contributed by atoms with Gasteiger partial charge in [0, 0.05) is 6.20 Å². The summed E-state index contributed by atoms with van der Waals surface area (Å²) in [6, 6.07) is 7.70. The lowest BCUT2D eigenvalue weighted by molar-refractivity contribution is -0.135. The fourth-order valence-electron chi connectivity index (χ4n) is 4.48. The van der Waals surface area contributed by atoms with Crippen LogP contribution in [0, 0.1) is 11.7 Å². The van der Waals surface area contributed by atoms with Crippen LogP contribution in [0.3, 0.4) is 0 Å². The first-order chi connectivity index (χ1) is 16.3. The lowest BCUT2D eigenvalue weighted by Gasteiger charge is -2.34. The van der Waals surface area contributed by atoms with Crippen molar-refractivity contribution in [2.24, 2.45) is 5.92 Å².